The summed E-state index contributed by atoms with van der Waals surface area (Å²) in [6, 6.07) is 18.4. The first-order chi connectivity index (χ1) is 10.2. The first-order valence-corrected chi connectivity index (χ1v) is 7.55. The second-order valence-corrected chi connectivity index (χ2v) is 5.93. The molecule has 3 nitrogen and oxygen atoms in total. The van der Waals surface area contributed by atoms with Crippen molar-refractivity contribution in [1.82, 2.24) is 4.31 Å². The van der Waals surface area contributed by atoms with Gasteiger partial charge in [-0.05, 0) is 36.6 Å². The van der Waals surface area contributed by atoms with Crippen LogP contribution in [0.1, 0.15) is 11.1 Å². The predicted octanol–water partition coefficient (Wildman–Crippen LogP) is 3.68. The number of nitrogens with zero attached hydrogens (tertiary/aromatic N) is 1. The third-order valence-corrected chi connectivity index (χ3v) is 3.99. The minimum Gasteiger partial charge on any atom is -0.468 e. The summed E-state index contributed by atoms with van der Waals surface area (Å²) in [6.45, 7) is 3.00. The molecular weight excluding hydrogens is 282 g/mol. The van der Waals surface area contributed by atoms with Gasteiger partial charge in [0.2, 0.25) is 0 Å². The summed E-state index contributed by atoms with van der Waals surface area (Å²) >= 11 is 1.57. The molecule has 0 atom stereocenters. The molecule has 0 spiro atoms. The topological polar surface area (TPSA) is 29.5 Å². The number of aryl methyl sites for hydroxylation is 1. The van der Waals surface area contributed by atoms with Crippen LogP contribution in [-0.4, -0.2) is 23.9 Å². The summed E-state index contributed by atoms with van der Waals surface area (Å²) in [4.78, 5) is 12.7. The number of rotatable bonds is 6. The van der Waals surface area contributed by atoms with Crippen molar-refractivity contribution in [3.8, 4) is 0 Å². The van der Waals surface area contributed by atoms with Crippen molar-refractivity contribution in [2.24, 2.45) is 0 Å². The number of hydrogen-bond acceptors (Lipinski definition) is 4. The van der Waals surface area contributed by atoms with Crippen molar-refractivity contribution in [2.45, 2.75) is 18.4 Å². The number of ether oxygens (including phenoxy) is 1. The number of carbonyl (C=O) groups excluding carboxylic acids is 1. The maximum Gasteiger partial charge on any atom is 0.320 e. The third-order valence-electron chi connectivity index (χ3n) is 2.99. The van der Waals surface area contributed by atoms with E-state index in [1.165, 1.54) is 18.2 Å². The van der Waals surface area contributed by atoms with Crippen LogP contribution in [0.4, 0.5) is 0 Å². The average Bonchev–Trinajstić information content (AvgIpc) is 2.50. The molecule has 2 aromatic rings. The van der Waals surface area contributed by atoms with E-state index in [1.54, 1.807) is 11.9 Å². The third kappa shape index (κ3) is 5.25. The van der Waals surface area contributed by atoms with E-state index in [1.807, 2.05) is 22.5 Å². The molecule has 0 amide bonds. The Morgan fingerprint density at radius 1 is 1.10 bits per heavy atom. The van der Waals surface area contributed by atoms with Gasteiger partial charge in [0.1, 0.15) is 6.54 Å². The predicted molar refractivity (Wildman–Crippen MR) is 85.9 cm³/mol. The molecule has 0 aliphatic carbocycles. The number of esters is 1. The van der Waals surface area contributed by atoms with Gasteiger partial charge in [-0.1, -0.05) is 48.0 Å². The molecule has 0 saturated heterocycles. The maximum absolute atomic E-state index is 11.6. The van der Waals surface area contributed by atoms with Gasteiger partial charge in [0, 0.05) is 11.4 Å². The minimum atomic E-state index is -0.231. The van der Waals surface area contributed by atoms with Gasteiger partial charge < -0.3 is 4.74 Å². The second kappa shape index (κ2) is 7.86. The van der Waals surface area contributed by atoms with Crippen LogP contribution in [0.3, 0.4) is 0 Å². The summed E-state index contributed by atoms with van der Waals surface area (Å²) in [5, 5.41) is 0. The van der Waals surface area contributed by atoms with Crippen molar-refractivity contribution in [3.63, 3.8) is 0 Å². The zero-order valence-electron chi connectivity index (χ0n) is 12.3. The van der Waals surface area contributed by atoms with E-state index in [9.17, 15) is 4.79 Å². The quantitative estimate of drug-likeness (QED) is 0.601. The molecule has 21 heavy (non-hydrogen) atoms. The van der Waals surface area contributed by atoms with Gasteiger partial charge in [-0.3, -0.25) is 4.79 Å². The van der Waals surface area contributed by atoms with Crippen molar-refractivity contribution in [2.75, 3.05) is 13.7 Å². The molecule has 0 saturated carbocycles. The van der Waals surface area contributed by atoms with Crippen LogP contribution in [0.15, 0.2) is 59.5 Å². The van der Waals surface area contributed by atoms with Gasteiger partial charge in [-0.15, -0.1) is 0 Å². The van der Waals surface area contributed by atoms with Gasteiger partial charge in [-0.25, -0.2) is 4.31 Å². The smallest absolute Gasteiger partial charge is 0.320 e. The summed E-state index contributed by atoms with van der Waals surface area (Å²) < 4.78 is 6.79. The van der Waals surface area contributed by atoms with Crippen molar-refractivity contribution in [3.05, 3.63) is 65.7 Å². The van der Waals surface area contributed by atoms with Crippen LogP contribution in [0.5, 0.6) is 0 Å². The van der Waals surface area contributed by atoms with E-state index in [0.29, 0.717) is 6.54 Å². The zero-order valence-corrected chi connectivity index (χ0v) is 13.1. The Morgan fingerprint density at radius 3 is 2.38 bits per heavy atom. The highest BCUT2D eigenvalue weighted by Gasteiger charge is 2.13. The fraction of sp³-hybridized carbons (Fsp3) is 0.235. The molecule has 0 heterocycles. The minimum absolute atomic E-state index is 0.231. The highest BCUT2D eigenvalue weighted by Crippen LogP contribution is 2.24. The monoisotopic (exact) mass is 301 g/mol. The van der Waals surface area contributed by atoms with E-state index in [0.717, 1.165) is 4.90 Å². The Morgan fingerprint density at radius 2 is 1.76 bits per heavy atom. The maximum atomic E-state index is 11.6. The van der Waals surface area contributed by atoms with E-state index in [2.05, 4.69) is 43.3 Å². The van der Waals surface area contributed by atoms with Crippen LogP contribution in [0.25, 0.3) is 0 Å². The molecule has 2 rings (SSSR count). The summed E-state index contributed by atoms with van der Waals surface area (Å²) in [6.07, 6.45) is 0. The second-order valence-electron chi connectivity index (χ2n) is 4.76. The Hall–Kier alpha value is -1.78. The first-order valence-electron chi connectivity index (χ1n) is 6.77. The van der Waals surface area contributed by atoms with Crippen LogP contribution in [0, 0.1) is 6.92 Å². The fourth-order valence-corrected chi connectivity index (χ4v) is 2.80. The van der Waals surface area contributed by atoms with Crippen LogP contribution in [-0.2, 0) is 16.1 Å². The first kappa shape index (κ1) is 15.6. The lowest BCUT2D eigenvalue weighted by atomic mass is 10.2. The van der Waals surface area contributed by atoms with E-state index in [-0.39, 0.29) is 12.5 Å². The van der Waals surface area contributed by atoms with E-state index < -0.39 is 0 Å². The molecule has 2 aromatic carbocycles. The number of benzene rings is 2. The summed E-state index contributed by atoms with van der Waals surface area (Å²) in [7, 11) is 1.42. The molecular formula is C17H19NO2S. The fourth-order valence-electron chi connectivity index (χ4n) is 1.86. The largest absolute Gasteiger partial charge is 0.468 e. The molecule has 0 unspecified atom stereocenters. The molecule has 0 aromatic heterocycles. The van der Waals surface area contributed by atoms with Crippen LogP contribution >= 0.6 is 11.9 Å². The SMILES string of the molecule is COC(=O)CN(Cc1ccccc1)Sc1ccc(C)cc1. The molecule has 4 heteroatoms. The van der Waals surface area contributed by atoms with Gasteiger partial charge in [0.25, 0.3) is 0 Å². The number of hydrogen-bond donors (Lipinski definition) is 0. The number of methoxy groups -OCH3 is 1. The van der Waals surface area contributed by atoms with Crippen molar-refractivity contribution >= 4 is 17.9 Å². The van der Waals surface area contributed by atoms with Gasteiger partial charge in [0.15, 0.2) is 0 Å². The van der Waals surface area contributed by atoms with Crippen LogP contribution < -0.4 is 0 Å². The molecule has 0 bridgehead atoms. The highest BCUT2D eigenvalue weighted by atomic mass is 32.2. The molecule has 110 valence electrons. The van der Waals surface area contributed by atoms with Crippen molar-refractivity contribution < 1.29 is 9.53 Å². The van der Waals surface area contributed by atoms with Gasteiger partial charge in [0.05, 0.1) is 7.11 Å². The molecule has 0 aliphatic heterocycles. The lowest BCUT2D eigenvalue weighted by Crippen LogP contribution is -2.24. The standard InChI is InChI=1S/C17H19NO2S/c1-14-8-10-16(11-9-14)21-18(13-17(19)20-2)12-15-6-4-3-5-7-15/h3-11H,12-13H2,1-2H3. The lowest BCUT2D eigenvalue weighted by Gasteiger charge is -2.20. The Kier molecular flexibility index (Phi) is 5.84. The van der Waals surface area contributed by atoms with Crippen LogP contribution in [0.2, 0.25) is 0 Å². The molecule has 0 aliphatic rings. The Balaban J connectivity index is 2.07. The Bertz CT molecular complexity index is 569. The number of carbonyl (C=O) groups is 1. The normalized spacial score (nSPS) is 10.6. The average molecular weight is 301 g/mol. The molecule has 0 radical (unpaired) electrons. The van der Waals surface area contributed by atoms with E-state index in [4.69, 9.17) is 4.74 Å². The van der Waals surface area contributed by atoms with Crippen molar-refractivity contribution in [1.29, 1.82) is 0 Å². The summed E-state index contributed by atoms with van der Waals surface area (Å²) in [5.41, 5.74) is 2.39. The van der Waals surface area contributed by atoms with Gasteiger partial charge in [-0.2, -0.15) is 0 Å². The molecule has 0 N–H and O–H groups in total. The Labute approximate surface area is 130 Å². The van der Waals surface area contributed by atoms with Gasteiger partial charge >= 0.3 is 5.97 Å². The zero-order chi connectivity index (χ0) is 15.1. The lowest BCUT2D eigenvalue weighted by molar-refractivity contribution is -0.140. The highest BCUT2D eigenvalue weighted by molar-refractivity contribution is 7.97. The molecule has 0 fully saturated rings. The van der Waals surface area contributed by atoms with E-state index >= 15 is 0 Å². The summed E-state index contributed by atoms with van der Waals surface area (Å²) in [5.74, 6) is -0.231.